The van der Waals surface area contributed by atoms with E-state index >= 15 is 0 Å². The first-order valence-electron chi connectivity index (χ1n) is 9.94. The summed E-state index contributed by atoms with van der Waals surface area (Å²) in [5, 5.41) is 3.01. The van der Waals surface area contributed by atoms with E-state index in [9.17, 15) is 9.59 Å². The van der Waals surface area contributed by atoms with Gasteiger partial charge in [0.15, 0.2) is 0 Å². The van der Waals surface area contributed by atoms with Crippen molar-refractivity contribution >= 4 is 11.8 Å². The normalized spacial score (nSPS) is 29.3. The average Bonchev–Trinajstić information content (AvgIpc) is 3.36. The smallest absolute Gasteiger partial charge is 0.230 e. The number of fused-ring (bicyclic) bond motifs is 1. The molecule has 6 nitrogen and oxygen atoms in total. The van der Waals surface area contributed by atoms with E-state index in [0.717, 1.165) is 11.1 Å². The highest BCUT2D eigenvalue weighted by molar-refractivity contribution is 5.93. The van der Waals surface area contributed by atoms with Crippen LogP contribution in [0.5, 0.6) is 0 Å². The summed E-state index contributed by atoms with van der Waals surface area (Å²) in [7, 11) is 0. The summed E-state index contributed by atoms with van der Waals surface area (Å²) in [6.07, 6.45) is 7.06. The molecule has 2 aromatic rings. The molecule has 29 heavy (non-hydrogen) atoms. The maximum absolute atomic E-state index is 13.2. The van der Waals surface area contributed by atoms with Crippen molar-refractivity contribution < 1.29 is 14.3 Å². The third-order valence-electron chi connectivity index (χ3n) is 6.17. The minimum Gasteiger partial charge on any atom is -0.360 e. The number of pyridine rings is 1. The van der Waals surface area contributed by atoms with Gasteiger partial charge >= 0.3 is 0 Å². The zero-order chi connectivity index (χ0) is 20.0. The number of benzene rings is 1. The number of nitrogens with zero attached hydrogens (tertiary/aromatic N) is 2. The van der Waals surface area contributed by atoms with Gasteiger partial charge in [-0.2, -0.15) is 0 Å². The molecule has 148 valence electrons. The molecule has 4 heterocycles. The second-order valence-corrected chi connectivity index (χ2v) is 8.16. The molecule has 4 atom stereocenters. The fraction of sp³-hybridized carbons (Fsp3) is 0.348. The highest BCUT2D eigenvalue weighted by atomic mass is 16.5. The van der Waals surface area contributed by atoms with Gasteiger partial charge in [0.1, 0.15) is 5.60 Å². The van der Waals surface area contributed by atoms with Crippen molar-refractivity contribution in [3.05, 3.63) is 77.6 Å². The van der Waals surface area contributed by atoms with Gasteiger partial charge in [0, 0.05) is 25.5 Å². The van der Waals surface area contributed by atoms with Crippen LogP contribution in [0.15, 0.2) is 60.9 Å². The first-order chi connectivity index (χ1) is 14.1. The van der Waals surface area contributed by atoms with Gasteiger partial charge in [-0.3, -0.25) is 14.6 Å². The molecule has 1 spiro atoms. The lowest BCUT2D eigenvalue weighted by molar-refractivity contribution is -0.137. The van der Waals surface area contributed by atoms with E-state index in [1.54, 1.807) is 17.3 Å². The van der Waals surface area contributed by atoms with Gasteiger partial charge in [0.05, 0.1) is 24.5 Å². The van der Waals surface area contributed by atoms with Crippen LogP contribution in [-0.4, -0.2) is 39.9 Å². The van der Waals surface area contributed by atoms with E-state index in [2.05, 4.69) is 10.3 Å². The number of ether oxygens (including phenoxy) is 1. The Bertz CT molecular complexity index is 973. The van der Waals surface area contributed by atoms with Crippen LogP contribution in [-0.2, 0) is 27.4 Å². The number of likely N-dealkylation sites (tertiary alicyclic amines) is 1. The summed E-state index contributed by atoms with van der Waals surface area (Å²) < 4.78 is 6.17. The van der Waals surface area contributed by atoms with Crippen molar-refractivity contribution in [1.29, 1.82) is 0 Å². The number of carbonyl (C=O) groups excluding carboxylic acids is 2. The number of carbonyl (C=O) groups is 2. The topological polar surface area (TPSA) is 71.5 Å². The Hall–Kier alpha value is -2.99. The minimum absolute atomic E-state index is 0.0174. The van der Waals surface area contributed by atoms with Crippen LogP contribution in [0.1, 0.15) is 16.7 Å². The number of hydrogen-bond donors (Lipinski definition) is 1. The van der Waals surface area contributed by atoms with Gasteiger partial charge < -0.3 is 15.0 Å². The minimum atomic E-state index is -0.685. The number of aryl methyl sites for hydroxylation is 1. The number of hydrogen-bond acceptors (Lipinski definition) is 4. The third kappa shape index (κ3) is 3.04. The quantitative estimate of drug-likeness (QED) is 0.794. The van der Waals surface area contributed by atoms with Gasteiger partial charge in [-0.25, -0.2) is 0 Å². The molecular weight excluding hydrogens is 366 g/mol. The molecule has 0 unspecified atom stereocenters. The molecule has 0 aliphatic carbocycles. The van der Waals surface area contributed by atoms with Crippen molar-refractivity contribution in [3.63, 3.8) is 0 Å². The van der Waals surface area contributed by atoms with E-state index < -0.39 is 17.4 Å². The number of rotatable bonds is 5. The summed E-state index contributed by atoms with van der Waals surface area (Å²) >= 11 is 0. The predicted molar refractivity (Wildman–Crippen MR) is 106 cm³/mol. The summed E-state index contributed by atoms with van der Waals surface area (Å²) in [6.45, 7) is 3.42. The predicted octanol–water partition coefficient (Wildman–Crippen LogP) is 1.99. The number of amides is 2. The number of aromatic nitrogens is 1. The Morgan fingerprint density at radius 1 is 1.28 bits per heavy atom. The van der Waals surface area contributed by atoms with E-state index in [0.29, 0.717) is 19.6 Å². The molecular formula is C23H23N3O3. The second kappa shape index (κ2) is 6.81. The molecule has 6 heteroatoms. The highest BCUT2D eigenvalue weighted by Gasteiger charge is 2.66. The fourth-order valence-corrected chi connectivity index (χ4v) is 4.74. The molecule has 5 rings (SSSR count). The zero-order valence-corrected chi connectivity index (χ0v) is 16.2. The molecule has 2 bridgehead atoms. The van der Waals surface area contributed by atoms with Crippen molar-refractivity contribution in [1.82, 2.24) is 15.2 Å². The molecule has 1 aromatic heterocycles. The van der Waals surface area contributed by atoms with Gasteiger partial charge in [-0.15, -0.1) is 0 Å². The molecule has 0 saturated carbocycles. The van der Waals surface area contributed by atoms with Gasteiger partial charge in [0.25, 0.3) is 0 Å². The largest absolute Gasteiger partial charge is 0.360 e. The summed E-state index contributed by atoms with van der Waals surface area (Å²) in [5.41, 5.74) is 2.50. The van der Waals surface area contributed by atoms with Crippen LogP contribution in [0.3, 0.4) is 0 Å². The lowest BCUT2D eigenvalue weighted by Crippen LogP contribution is -2.43. The van der Waals surface area contributed by atoms with Crippen LogP contribution in [0, 0.1) is 18.8 Å². The molecule has 3 aliphatic heterocycles. The Labute approximate surface area is 169 Å². The maximum Gasteiger partial charge on any atom is 0.230 e. The maximum atomic E-state index is 13.2. The molecule has 2 fully saturated rings. The Kier molecular flexibility index (Phi) is 4.24. The summed E-state index contributed by atoms with van der Waals surface area (Å²) in [5.74, 6) is -1.09. The van der Waals surface area contributed by atoms with Crippen LogP contribution in [0.2, 0.25) is 0 Å². The van der Waals surface area contributed by atoms with Crippen LogP contribution >= 0.6 is 0 Å². The molecule has 1 aromatic carbocycles. The first kappa shape index (κ1) is 18.1. The van der Waals surface area contributed by atoms with Crippen molar-refractivity contribution in [2.75, 3.05) is 6.54 Å². The van der Waals surface area contributed by atoms with E-state index in [1.165, 1.54) is 5.56 Å². The lowest BCUT2D eigenvalue weighted by atomic mass is 9.77. The van der Waals surface area contributed by atoms with E-state index in [1.807, 2.05) is 55.5 Å². The van der Waals surface area contributed by atoms with E-state index in [-0.39, 0.29) is 17.9 Å². The van der Waals surface area contributed by atoms with Gasteiger partial charge in [0.2, 0.25) is 11.8 Å². The Morgan fingerprint density at radius 3 is 2.86 bits per heavy atom. The highest BCUT2D eigenvalue weighted by Crippen LogP contribution is 2.52. The summed E-state index contributed by atoms with van der Waals surface area (Å²) in [6, 6.07) is 11.9. The fourth-order valence-electron chi connectivity index (χ4n) is 4.74. The van der Waals surface area contributed by atoms with Gasteiger partial charge in [-0.05, 0) is 24.1 Å². The first-order valence-corrected chi connectivity index (χ1v) is 9.94. The van der Waals surface area contributed by atoms with Crippen LogP contribution in [0.4, 0.5) is 0 Å². The van der Waals surface area contributed by atoms with Gasteiger partial charge in [-0.1, -0.05) is 48.0 Å². The molecule has 3 aliphatic rings. The number of nitrogens with one attached hydrogen (secondary N) is 1. The lowest BCUT2D eigenvalue weighted by Gasteiger charge is -2.23. The van der Waals surface area contributed by atoms with E-state index in [4.69, 9.17) is 4.74 Å². The Morgan fingerprint density at radius 2 is 2.10 bits per heavy atom. The molecule has 2 amide bonds. The zero-order valence-electron chi connectivity index (χ0n) is 16.2. The Balaban J connectivity index is 1.31. The van der Waals surface area contributed by atoms with Crippen molar-refractivity contribution in [2.24, 2.45) is 11.8 Å². The van der Waals surface area contributed by atoms with Crippen molar-refractivity contribution in [3.8, 4) is 0 Å². The average molecular weight is 389 g/mol. The monoisotopic (exact) mass is 389 g/mol. The molecule has 2 saturated heterocycles. The van der Waals surface area contributed by atoms with Crippen LogP contribution in [0.25, 0.3) is 0 Å². The standard InChI is InChI=1S/C23H23N3O3/c1-15-4-6-16(7-5-15)12-25-21(27)19-18-8-9-23(29-18)14-26(22(28)20(19)23)13-17-3-2-10-24-11-17/h2-11,18-20H,12-14H2,1H3,(H,25,27)/t18-,19+,20-,23-/m0/s1. The van der Waals surface area contributed by atoms with Crippen molar-refractivity contribution in [2.45, 2.75) is 31.7 Å². The SMILES string of the molecule is Cc1ccc(CNC(=O)[C@@H]2[C@@H]3C=C[C@@]4(CN(Cc5cccnc5)C(=O)[C@H]24)O3)cc1. The van der Waals surface area contributed by atoms with Crippen LogP contribution < -0.4 is 5.32 Å². The molecule has 0 radical (unpaired) electrons. The summed E-state index contributed by atoms with van der Waals surface area (Å²) in [4.78, 5) is 32.1. The third-order valence-corrected chi connectivity index (χ3v) is 6.17. The second-order valence-electron chi connectivity index (χ2n) is 8.16. The molecule has 1 N–H and O–H groups in total.